The zero-order chi connectivity index (χ0) is 28.2. The minimum Gasteiger partial charge on any atom is -0.496 e. The number of aromatic nitrogens is 1. The third kappa shape index (κ3) is 6.84. The highest BCUT2D eigenvalue weighted by atomic mass is 79.9. The normalized spacial score (nSPS) is 12.2. The molecule has 4 rings (SSSR count). The molecule has 39 heavy (non-hydrogen) atoms. The highest BCUT2D eigenvalue weighted by Gasteiger charge is 2.26. The molecule has 0 aliphatic rings. The fraction of sp³-hybridized carbons (Fsp3) is 0.281. The molecule has 0 saturated heterocycles. The first-order valence-electron chi connectivity index (χ1n) is 12.9. The molecule has 7 heteroatoms. The van der Waals surface area contributed by atoms with E-state index in [-0.39, 0.29) is 30.8 Å². The maximum atomic E-state index is 13.9. The summed E-state index contributed by atoms with van der Waals surface area (Å²) >= 11 is 3.54. The Morgan fingerprint density at radius 2 is 1.69 bits per heavy atom. The molecule has 4 aromatic rings. The molecule has 0 saturated carbocycles. The minimum absolute atomic E-state index is 0.0921. The number of methoxy groups -OCH3 is 1. The Morgan fingerprint density at radius 3 is 2.38 bits per heavy atom. The molecule has 1 unspecified atom stereocenters. The van der Waals surface area contributed by atoms with E-state index in [9.17, 15) is 9.59 Å². The summed E-state index contributed by atoms with van der Waals surface area (Å²) < 4.78 is 12.0. The van der Waals surface area contributed by atoms with E-state index in [1.807, 2.05) is 100 Å². The third-order valence-electron chi connectivity index (χ3n) is 6.39. The van der Waals surface area contributed by atoms with E-state index >= 15 is 0 Å². The van der Waals surface area contributed by atoms with Gasteiger partial charge >= 0.3 is 5.97 Å². The van der Waals surface area contributed by atoms with Crippen LogP contribution in [0.15, 0.2) is 77.3 Å². The number of carbonyl (C=O) groups is 2. The van der Waals surface area contributed by atoms with Gasteiger partial charge in [-0.2, -0.15) is 0 Å². The van der Waals surface area contributed by atoms with E-state index in [0.717, 1.165) is 37.8 Å². The van der Waals surface area contributed by atoms with Crippen LogP contribution in [0.3, 0.4) is 0 Å². The van der Waals surface area contributed by atoms with Crippen molar-refractivity contribution < 1.29 is 19.1 Å². The maximum absolute atomic E-state index is 13.9. The Balaban J connectivity index is 1.71. The van der Waals surface area contributed by atoms with E-state index in [4.69, 9.17) is 14.5 Å². The van der Waals surface area contributed by atoms with Crippen LogP contribution in [0.2, 0.25) is 0 Å². The van der Waals surface area contributed by atoms with Crippen LogP contribution >= 0.6 is 15.9 Å². The van der Waals surface area contributed by atoms with Gasteiger partial charge in [0.05, 0.1) is 30.3 Å². The topological polar surface area (TPSA) is 77.5 Å². The van der Waals surface area contributed by atoms with Gasteiger partial charge in [-0.05, 0) is 63.1 Å². The number of benzene rings is 3. The average molecular weight is 590 g/mol. The lowest BCUT2D eigenvalue weighted by Gasteiger charge is -2.24. The molecule has 3 aromatic carbocycles. The van der Waals surface area contributed by atoms with Crippen LogP contribution in [0.4, 0.5) is 0 Å². The van der Waals surface area contributed by atoms with Gasteiger partial charge in [-0.25, -0.2) is 4.98 Å². The fourth-order valence-electron chi connectivity index (χ4n) is 4.68. The van der Waals surface area contributed by atoms with Gasteiger partial charge in [0, 0.05) is 27.9 Å². The number of ether oxygens (including phenoxy) is 2. The number of nitrogens with zero attached hydrogens (tertiary/aromatic N) is 1. The lowest BCUT2D eigenvalue weighted by Crippen LogP contribution is -2.32. The average Bonchev–Trinajstić information content (AvgIpc) is 2.90. The van der Waals surface area contributed by atoms with Gasteiger partial charge in [0.1, 0.15) is 11.4 Å². The van der Waals surface area contributed by atoms with Crippen LogP contribution in [0, 0.1) is 6.92 Å². The van der Waals surface area contributed by atoms with Crippen molar-refractivity contribution in [1.29, 1.82) is 0 Å². The molecule has 0 radical (unpaired) electrons. The summed E-state index contributed by atoms with van der Waals surface area (Å²) in [5.41, 5.74) is 3.97. The zero-order valence-corrected chi connectivity index (χ0v) is 24.5. The van der Waals surface area contributed by atoms with Crippen molar-refractivity contribution in [3.8, 4) is 17.0 Å². The molecule has 1 aromatic heterocycles. The van der Waals surface area contributed by atoms with Gasteiger partial charge < -0.3 is 14.8 Å². The zero-order valence-electron chi connectivity index (χ0n) is 22.9. The van der Waals surface area contributed by atoms with Crippen LogP contribution in [-0.2, 0) is 9.53 Å². The maximum Gasteiger partial charge on any atom is 0.306 e. The summed E-state index contributed by atoms with van der Waals surface area (Å²) in [5, 5.41) is 3.85. The number of pyridine rings is 1. The molecule has 0 fully saturated rings. The van der Waals surface area contributed by atoms with Gasteiger partial charge in [0.25, 0.3) is 5.91 Å². The second-order valence-electron chi connectivity index (χ2n) is 10.4. The molecule has 6 nitrogen and oxygen atoms in total. The Labute approximate surface area is 237 Å². The van der Waals surface area contributed by atoms with Crippen LogP contribution in [-0.4, -0.2) is 36.1 Å². The Kier molecular flexibility index (Phi) is 8.70. The SMILES string of the molecule is COc1ccccc1C(CNC(=O)c1c(C)c(-c2ccccc2)nc2ccc(Br)cc12)CC(=O)OC(C)(C)C. The van der Waals surface area contributed by atoms with Crippen molar-refractivity contribution in [2.75, 3.05) is 13.7 Å². The number of hydrogen-bond acceptors (Lipinski definition) is 5. The predicted molar refractivity (Wildman–Crippen MR) is 158 cm³/mol. The van der Waals surface area contributed by atoms with Gasteiger partial charge in [-0.15, -0.1) is 0 Å². The number of hydrogen-bond donors (Lipinski definition) is 1. The lowest BCUT2D eigenvalue weighted by atomic mass is 9.93. The highest BCUT2D eigenvalue weighted by Crippen LogP contribution is 2.33. The van der Waals surface area contributed by atoms with Gasteiger partial charge in [-0.3, -0.25) is 9.59 Å². The molecule has 1 atom stereocenters. The molecule has 1 N–H and O–H groups in total. The number of nitrogens with one attached hydrogen (secondary N) is 1. The van der Waals surface area contributed by atoms with Crippen LogP contribution in [0.25, 0.3) is 22.2 Å². The number of para-hydroxylation sites is 1. The molecular weight excluding hydrogens is 556 g/mol. The molecule has 202 valence electrons. The highest BCUT2D eigenvalue weighted by molar-refractivity contribution is 9.10. The van der Waals surface area contributed by atoms with E-state index in [1.54, 1.807) is 7.11 Å². The number of fused-ring (bicyclic) bond motifs is 1. The monoisotopic (exact) mass is 588 g/mol. The Hall–Kier alpha value is -3.71. The molecule has 1 amide bonds. The first kappa shape index (κ1) is 28.3. The van der Waals surface area contributed by atoms with Crippen molar-refractivity contribution in [2.45, 2.75) is 45.6 Å². The number of carbonyl (C=O) groups excluding carboxylic acids is 2. The second-order valence-corrected chi connectivity index (χ2v) is 11.3. The van der Waals surface area contributed by atoms with E-state index in [2.05, 4.69) is 21.2 Å². The number of amides is 1. The van der Waals surface area contributed by atoms with Crippen molar-refractivity contribution in [3.05, 3.63) is 94.0 Å². The smallest absolute Gasteiger partial charge is 0.306 e. The molecule has 0 aliphatic heterocycles. The van der Waals surface area contributed by atoms with E-state index in [0.29, 0.717) is 11.3 Å². The summed E-state index contributed by atoms with van der Waals surface area (Å²) in [6.45, 7) is 7.65. The summed E-state index contributed by atoms with van der Waals surface area (Å²) in [6, 6.07) is 23.1. The first-order valence-corrected chi connectivity index (χ1v) is 13.6. The predicted octanol–water partition coefficient (Wildman–Crippen LogP) is 7.23. The van der Waals surface area contributed by atoms with Crippen LogP contribution < -0.4 is 10.1 Å². The Bertz CT molecular complexity index is 1500. The number of esters is 1. The van der Waals surface area contributed by atoms with Crippen LogP contribution in [0.5, 0.6) is 5.75 Å². The van der Waals surface area contributed by atoms with Crippen molar-refractivity contribution in [1.82, 2.24) is 10.3 Å². The number of halogens is 1. The fourth-order valence-corrected chi connectivity index (χ4v) is 5.05. The third-order valence-corrected chi connectivity index (χ3v) is 6.88. The summed E-state index contributed by atoms with van der Waals surface area (Å²) in [6.07, 6.45) is 0.0921. The lowest BCUT2D eigenvalue weighted by molar-refractivity contribution is -0.155. The van der Waals surface area contributed by atoms with Crippen molar-refractivity contribution in [3.63, 3.8) is 0 Å². The standard InChI is InChI=1S/C32H33BrN2O4/c1-20-29(25-18-23(33)15-16-26(25)35-30(20)21-11-7-6-8-12-21)31(37)34-19-22(17-28(36)39-32(2,3)4)24-13-9-10-14-27(24)38-5/h6-16,18,22H,17,19H2,1-5H3,(H,34,37). The number of rotatable bonds is 8. The van der Waals surface area contributed by atoms with Crippen molar-refractivity contribution >= 4 is 38.7 Å². The summed E-state index contributed by atoms with van der Waals surface area (Å²) in [7, 11) is 1.59. The minimum atomic E-state index is -0.611. The summed E-state index contributed by atoms with van der Waals surface area (Å²) in [4.78, 5) is 31.6. The second kappa shape index (κ2) is 12.0. The molecule has 0 spiro atoms. The molecule has 0 bridgehead atoms. The van der Waals surface area contributed by atoms with Gasteiger partial charge in [-0.1, -0.05) is 64.5 Å². The van der Waals surface area contributed by atoms with Crippen molar-refractivity contribution in [2.24, 2.45) is 0 Å². The van der Waals surface area contributed by atoms with E-state index in [1.165, 1.54) is 0 Å². The quantitative estimate of drug-likeness (QED) is 0.220. The molecular formula is C32H33BrN2O4. The largest absolute Gasteiger partial charge is 0.496 e. The summed E-state index contributed by atoms with van der Waals surface area (Å²) in [5.74, 6) is -0.275. The van der Waals surface area contributed by atoms with E-state index < -0.39 is 5.60 Å². The molecule has 0 aliphatic carbocycles. The van der Waals surface area contributed by atoms with Crippen LogP contribution in [0.1, 0.15) is 54.6 Å². The first-order chi connectivity index (χ1) is 18.6. The molecule has 1 heterocycles. The van der Waals surface area contributed by atoms with Gasteiger partial charge in [0.15, 0.2) is 0 Å². The van der Waals surface area contributed by atoms with Gasteiger partial charge in [0.2, 0.25) is 0 Å². The Morgan fingerprint density at radius 1 is 1.00 bits per heavy atom.